The minimum absolute atomic E-state index is 0.0675. The molecule has 1 heterocycles. The Morgan fingerprint density at radius 1 is 1.21 bits per heavy atom. The van der Waals surface area contributed by atoms with Crippen molar-refractivity contribution in [3.05, 3.63) is 59.8 Å². The molecule has 0 atom stereocenters. The number of nitrogens with zero attached hydrogens (tertiary/aromatic N) is 1. The van der Waals surface area contributed by atoms with Crippen molar-refractivity contribution in [2.75, 3.05) is 0 Å². The predicted molar refractivity (Wildman–Crippen MR) is 102 cm³/mol. The summed E-state index contributed by atoms with van der Waals surface area (Å²) in [5.74, 6) is 0. The van der Waals surface area contributed by atoms with Gasteiger partial charge in [0.05, 0.1) is 6.61 Å². The molecule has 2 aromatic carbocycles. The van der Waals surface area contributed by atoms with Crippen LogP contribution in [-0.4, -0.2) is 14.7 Å². The second kappa shape index (κ2) is 6.04. The summed E-state index contributed by atoms with van der Waals surface area (Å²) in [7, 11) is 0. The number of aromatic nitrogens is 1. The Bertz CT molecular complexity index is 925. The van der Waals surface area contributed by atoms with E-state index in [2.05, 4.69) is 35.0 Å². The maximum Gasteiger partial charge on any atom is 0.104 e. The molecule has 1 saturated carbocycles. The van der Waals surface area contributed by atoms with E-state index in [0.29, 0.717) is 11.0 Å². The summed E-state index contributed by atoms with van der Waals surface area (Å²) in [6, 6.07) is 14.9. The monoisotopic (exact) mass is 336 g/mol. The standard InChI is InChI=1S/C20H20N2OS/c21-20(24)15-4-1-3-14(10-15)18-11-22(16-5-2-6-16)19-9-13(12-23)7-8-17(18)19/h1,3-4,7-11,16,23H,2,5-6,12H2,(H2,21,24). The van der Waals surface area contributed by atoms with Crippen LogP contribution in [0.3, 0.4) is 0 Å². The molecule has 4 rings (SSSR count). The molecule has 0 radical (unpaired) electrons. The first kappa shape index (κ1) is 15.4. The zero-order chi connectivity index (χ0) is 16.7. The second-order valence-electron chi connectivity index (χ2n) is 6.49. The van der Waals surface area contributed by atoms with E-state index in [1.54, 1.807) is 0 Å². The van der Waals surface area contributed by atoms with Gasteiger partial charge in [0.2, 0.25) is 0 Å². The molecule has 1 aliphatic rings. The van der Waals surface area contributed by atoms with E-state index < -0.39 is 0 Å². The van der Waals surface area contributed by atoms with Crippen molar-refractivity contribution < 1.29 is 5.11 Å². The molecule has 0 saturated heterocycles. The molecule has 0 unspecified atom stereocenters. The van der Waals surface area contributed by atoms with Gasteiger partial charge in [-0.3, -0.25) is 0 Å². The lowest BCUT2D eigenvalue weighted by atomic mass is 9.93. The first-order valence-electron chi connectivity index (χ1n) is 8.32. The second-order valence-corrected chi connectivity index (χ2v) is 6.93. The molecule has 0 bridgehead atoms. The van der Waals surface area contributed by atoms with Gasteiger partial charge in [-0.1, -0.05) is 42.5 Å². The number of benzene rings is 2. The van der Waals surface area contributed by atoms with E-state index >= 15 is 0 Å². The van der Waals surface area contributed by atoms with Gasteiger partial charge in [0.15, 0.2) is 0 Å². The van der Waals surface area contributed by atoms with Crippen LogP contribution in [0.25, 0.3) is 22.0 Å². The number of hydrogen-bond donors (Lipinski definition) is 2. The average molecular weight is 336 g/mol. The Morgan fingerprint density at radius 2 is 2.04 bits per heavy atom. The summed E-state index contributed by atoms with van der Waals surface area (Å²) in [4.78, 5) is 0.419. The highest BCUT2D eigenvalue weighted by Gasteiger charge is 2.22. The van der Waals surface area contributed by atoms with Crippen molar-refractivity contribution in [3.63, 3.8) is 0 Å². The number of hydrogen-bond acceptors (Lipinski definition) is 2. The first-order chi connectivity index (χ1) is 11.7. The van der Waals surface area contributed by atoms with Gasteiger partial charge in [0.25, 0.3) is 0 Å². The van der Waals surface area contributed by atoms with Crippen LogP contribution in [-0.2, 0) is 6.61 Å². The molecule has 1 fully saturated rings. The molecule has 1 aromatic heterocycles. The van der Waals surface area contributed by atoms with Crippen LogP contribution in [0.15, 0.2) is 48.7 Å². The number of thiocarbonyl (C=S) groups is 1. The van der Waals surface area contributed by atoms with E-state index in [9.17, 15) is 5.11 Å². The van der Waals surface area contributed by atoms with Crippen molar-refractivity contribution in [2.45, 2.75) is 31.9 Å². The Morgan fingerprint density at radius 3 is 2.71 bits per heavy atom. The van der Waals surface area contributed by atoms with E-state index in [-0.39, 0.29) is 6.61 Å². The summed E-state index contributed by atoms with van der Waals surface area (Å²) >= 11 is 5.12. The Kier molecular flexibility index (Phi) is 3.87. The lowest BCUT2D eigenvalue weighted by Gasteiger charge is -2.28. The predicted octanol–water partition coefficient (Wildman–Crippen LogP) is 4.16. The molecule has 1 aliphatic carbocycles. The molecule has 0 spiro atoms. The van der Waals surface area contributed by atoms with Crippen LogP contribution in [0.2, 0.25) is 0 Å². The zero-order valence-electron chi connectivity index (χ0n) is 13.4. The van der Waals surface area contributed by atoms with Crippen LogP contribution in [0.5, 0.6) is 0 Å². The summed E-state index contributed by atoms with van der Waals surface area (Å²) in [6.07, 6.45) is 5.98. The van der Waals surface area contributed by atoms with E-state index in [4.69, 9.17) is 18.0 Å². The summed E-state index contributed by atoms with van der Waals surface area (Å²) in [5, 5.41) is 10.7. The number of nitrogens with two attached hydrogens (primary N) is 1. The SMILES string of the molecule is NC(=S)c1cccc(-c2cn(C3CCC3)c3cc(CO)ccc23)c1. The minimum Gasteiger partial charge on any atom is -0.392 e. The molecule has 4 heteroatoms. The Labute approximate surface area is 146 Å². The van der Waals surface area contributed by atoms with Gasteiger partial charge in [0, 0.05) is 34.3 Å². The largest absolute Gasteiger partial charge is 0.392 e. The summed E-state index contributed by atoms with van der Waals surface area (Å²) in [5.41, 5.74) is 11.1. The fourth-order valence-electron chi connectivity index (χ4n) is 3.43. The molecule has 122 valence electrons. The molecular weight excluding hydrogens is 316 g/mol. The highest BCUT2D eigenvalue weighted by molar-refractivity contribution is 7.80. The average Bonchev–Trinajstić information content (AvgIpc) is 2.92. The third-order valence-corrected chi connectivity index (χ3v) is 5.24. The zero-order valence-corrected chi connectivity index (χ0v) is 14.2. The minimum atomic E-state index is 0.0675. The lowest BCUT2D eigenvalue weighted by Crippen LogP contribution is -2.15. The van der Waals surface area contributed by atoms with Crippen molar-refractivity contribution in [2.24, 2.45) is 5.73 Å². The molecule has 24 heavy (non-hydrogen) atoms. The van der Waals surface area contributed by atoms with Gasteiger partial charge < -0.3 is 15.4 Å². The van der Waals surface area contributed by atoms with Gasteiger partial charge in [0.1, 0.15) is 4.99 Å². The fourth-order valence-corrected chi connectivity index (χ4v) is 3.56. The van der Waals surface area contributed by atoms with Crippen molar-refractivity contribution in [3.8, 4) is 11.1 Å². The lowest BCUT2D eigenvalue weighted by molar-refractivity contribution is 0.282. The first-order valence-corrected chi connectivity index (χ1v) is 8.73. The Hall–Kier alpha value is -2.17. The highest BCUT2D eigenvalue weighted by atomic mass is 32.1. The van der Waals surface area contributed by atoms with Crippen LogP contribution < -0.4 is 5.73 Å². The highest BCUT2D eigenvalue weighted by Crippen LogP contribution is 2.39. The molecule has 3 nitrogen and oxygen atoms in total. The topological polar surface area (TPSA) is 51.2 Å². The summed E-state index contributed by atoms with van der Waals surface area (Å²) < 4.78 is 2.38. The van der Waals surface area contributed by atoms with Crippen LogP contribution in [0.1, 0.15) is 36.4 Å². The maximum absolute atomic E-state index is 9.48. The Balaban J connectivity index is 1.92. The molecular formula is C20H20N2OS. The van der Waals surface area contributed by atoms with E-state index in [1.165, 1.54) is 35.7 Å². The van der Waals surface area contributed by atoms with Crippen molar-refractivity contribution >= 4 is 28.1 Å². The fraction of sp³-hybridized carbons (Fsp3) is 0.250. The third-order valence-electron chi connectivity index (χ3n) is 5.01. The molecule has 3 aromatic rings. The van der Waals surface area contributed by atoms with Crippen LogP contribution in [0, 0.1) is 0 Å². The quantitative estimate of drug-likeness (QED) is 0.703. The number of fused-ring (bicyclic) bond motifs is 1. The van der Waals surface area contributed by atoms with Gasteiger partial charge in [-0.15, -0.1) is 0 Å². The number of aliphatic hydroxyl groups excluding tert-OH is 1. The van der Waals surface area contributed by atoms with Crippen LogP contribution in [0.4, 0.5) is 0 Å². The van der Waals surface area contributed by atoms with Crippen molar-refractivity contribution in [1.82, 2.24) is 4.57 Å². The van der Waals surface area contributed by atoms with E-state index in [1.807, 2.05) is 18.2 Å². The van der Waals surface area contributed by atoms with Crippen molar-refractivity contribution in [1.29, 1.82) is 0 Å². The maximum atomic E-state index is 9.48. The normalized spacial score (nSPS) is 14.7. The van der Waals surface area contributed by atoms with Gasteiger partial charge in [-0.25, -0.2) is 0 Å². The van der Waals surface area contributed by atoms with Gasteiger partial charge in [-0.2, -0.15) is 0 Å². The number of rotatable bonds is 4. The van der Waals surface area contributed by atoms with Crippen LogP contribution >= 0.6 is 12.2 Å². The molecule has 3 N–H and O–H groups in total. The van der Waals surface area contributed by atoms with Gasteiger partial charge >= 0.3 is 0 Å². The number of aliphatic hydroxyl groups is 1. The molecule has 0 amide bonds. The molecule has 0 aliphatic heterocycles. The van der Waals surface area contributed by atoms with E-state index in [0.717, 1.165) is 16.7 Å². The smallest absolute Gasteiger partial charge is 0.104 e. The van der Waals surface area contributed by atoms with Gasteiger partial charge in [-0.05, 0) is 42.5 Å². The summed E-state index contributed by atoms with van der Waals surface area (Å²) in [6.45, 7) is 0.0675. The third kappa shape index (κ3) is 2.52.